The van der Waals surface area contributed by atoms with E-state index in [-0.39, 0.29) is 30.0 Å². The van der Waals surface area contributed by atoms with Crippen molar-refractivity contribution in [3.05, 3.63) is 113 Å². The lowest BCUT2D eigenvalue weighted by molar-refractivity contribution is -0.137. The second-order valence-corrected chi connectivity index (χ2v) is 13.2. The van der Waals surface area contributed by atoms with E-state index in [2.05, 4.69) is 30.7 Å². The van der Waals surface area contributed by atoms with Gasteiger partial charge < -0.3 is 20.9 Å². The Morgan fingerprint density at radius 2 is 1.61 bits per heavy atom. The molecule has 3 heterocycles. The number of nitrogens with one attached hydrogen (secondary N) is 3. The molecule has 0 radical (unpaired) electrons. The van der Waals surface area contributed by atoms with Crippen molar-refractivity contribution in [3.8, 4) is 11.3 Å². The molecule has 2 aliphatic rings. The molecular formula is C39H41F3N6O3. The number of piperidine rings is 1. The Labute approximate surface area is 295 Å². The van der Waals surface area contributed by atoms with Gasteiger partial charge in [-0.05, 0) is 91.4 Å². The van der Waals surface area contributed by atoms with E-state index in [1.165, 1.54) is 31.7 Å². The van der Waals surface area contributed by atoms with Crippen LogP contribution in [0.4, 0.5) is 24.5 Å². The maximum Gasteiger partial charge on any atom is 0.416 e. The summed E-state index contributed by atoms with van der Waals surface area (Å²) < 4.78 is 39.6. The monoisotopic (exact) mass is 698 g/mol. The number of hydrogen-bond donors (Lipinski definition) is 3. The number of carbonyl (C=O) groups is 3. The number of halogens is 3. The maximum atomic E-state index is 13.7. The van der Waals surface area contributed by atoms with Crippen LogP contribution in [0.25, 0.3) is 11.3 Å². The number of benzene rings is 3. The molecule has 51 heavy (non-hydrogen) atoms. The second kappa shape index (κ2) is 15.8. The first-order chi connectivity index (χ1) is 24.5. The molecule has 2 saturated heterocycles. The fraction of sp³-hybridized carbons (Fsp3) is 0.333. The third-order valence-electron chi connectivity index (χ3n) is 9.25. The van der Waals surface area contributed by atoms with Gasteiger partial charge in [0.15, 0.2) is 0 Å². The van der Waals surface area contributed by atoms with Crippen molar-refractivity contribution in [2.24, 2.45) is 0 Å². The van der Waals surface area contributed by atoms with Gasteiger partial charge in [-0.2, -0.15) is 13.2 Å². The molecular weight excluding hydrogens is 657 g/mol. The molecule has 1 aromatic heterocycles. The second-order valence-electron chi connectivity index (χ2n) is 13.2. The van der Waals surface area contributed by atoms with Crippen molar-refractivity contribution < 1.29 is 27.6 Å². The van der Waals surface area contributed by atoms with E-state index in [0.29, 0.717) is 34.6 Å². The van der Waals surface area contributed by atoms with Gasteiger partial charge in [-0.3, -0.25) is 24.3 Å². The van der Waals surface area contributed by atoms with Crippen LogP contribution in [0.5, 0.6) is 0 Å². The van der Waals surface area contributed by atoms with Gasteiger partial charge >= 0.3 is 6.18 Å². The Balaban J connectivity index is 1.21. The number of likely N-dealkylation sites (tertiary alicyclic amines) is 1. The van der Waals surface area contributed by atoms with E-state index in [1.54, 1.807) is 18.2 Å². The van der Waals surface area contributed by atoms with Crippen molar-refractivity contribution in [2.75, 3.05) is 36.4 Å². The van der Waals surface area contributed by atoms with E-state index >= 15 is 0 Å². The van der Waals surface area contributed by atoms with Crippen molar-refractivity contribution in [3.63, 3.8) is 0 Å². The topological polar surface area (TPSA) is 107 Å². The molecule has 2 aliphatic heterocycles. The summed E-state index contributed by atoms with van der Waals surface area (Å²) in [5, 5.41) is 8.76. The number of carbonyl (C=O) groups excluding carboxylic acids is 3. The molecule has 3 N–H and O–H groups in total. The quantitative estimate of drug-likeness (QED) is 0.171. The molecule has 1 atom stereocenters. The third kappa shape index (κ3) is 9.31. The number of amides is 3. The van der Waals surface area contributed by atoms with Crippen molar-refractivity contribution in [1.82, 2.24) is 20.5 Å². The minimum absolute atomic E-state index is 0.0388. The van der Waals surface area contributed by atoms with Gasteiger partial charge in [-0.1, -0.05) is 24.3 Å². The van der Waals surface area contributed by atoms with Gasteiger partial charge in [0.25, 0.3) is 11.8 Å². The van der Waals surface area contributed by atoms with Gasteiger partial charge in [-0.15, -0.1) is 0 Å². The first kappa shape index (κ1) is 35.6. The predicted molar refractivity (Wildman–Crippen MR) is 190 cm³/mol. The molecule has 0 saturated carbocycles. The molecule has 3 aromatic carbocycles. The highest BCUT2D eigenvalue weighted by molar-refractivity contribution is 6.06. The average molecular weight is 699 g/mol. The smallest absolute Gasteiger partial charge is 0.372 e. The molecule has 0 bridgehead atoms. The van der Waals surface area contributed by atoms with Crippen LogP contribution in [0.1, 0.15) is 70.0 Å². The molecule has 6 rings (SSSR count). The molecule has 0 spiro atoms. The van der Waals surface area contributed by atoms with E-state index in [9.17, 15) is 27.6 Å². The third-order valence-corrected chi connectivity index (χ3v) is 9.25. The summed E-state index contributed by atoms with van der Waals surface area (Å²) >= 11 is 0. The van der Waals surface area contributed by atoms with E-state index in [0.717, 1.165) is 68.8 Å². The SMILES string of the molecule is CC(=O)N[C@@H]1CCN(Cc2cccc(C(=O)Nc3ccc(N4CCCCC4)cc3-c3cc(C(=O)NCc4cccc(C(F)(F)F)c4)ccn3)c2)C1. The minimum atomic E-state index is -4.48. The van der Waals surface area contributed by atoms with Crippen molar-refractivity contribution >= 4 is 29.1 Å². The highest BCUT2D eigenvalue weighted by Gasteiger charge is 2.30. The van der Waals surface area contributed by atoms with Crippen LogP contribution in [-0.2, 0) is 24.1 Å². The summed E-state index contributed by atoms with van der Waals surface area (Å²) in [5.74, 6) is -0.800. The molecule has 0 unspecified atom stereocenters. The molecule has 2 fully saturated rings. The lowest BCUT2D eigenvalue weighted by Gasteiger charge is -2.29. The van der Waals surface area contributed by atoms with Gasteiger partial charge in [0.05, 0.1) is 16.9 Å². The Morgan fingerprint density at radius 1 is 0.843 bits per heavy atom. The highest BCUT2D eigenvalue weighted by Crippen LogP contribution is 2.34. The first-order valence-electron chi connectivity index (χ1n) is 17.2. The molecule has 4 aromatic rings. The number of anilines is 2. The van der Waals surface area contributed by atoms with Crippen LogP contribution < -0.4 is 20.9 Å². The first-order valence-corrected chi connectivity index (χ1v) is 17.2. The Kier molecular flexibility index (Phi) is 11.0. The normalized spacial score (nSPS) is 16.5. The fourth-order valence-corrected chi connectivity index (χ4v) is 6.71. The van der Waals surface area contributed by atoms with Crippen molar-refractivity contribution in [1.29, 1.82) is 0 Å². The summed E-state index contributed by atoms with van der Waals surface area (Å²) in [6, 6.07) is 21.4. The van der Waals surface area contributed by atoms with Crippen molar-refractivity contribution in [2.45, 2.75) is 57.9 Å². The standard InChI is InChI=1S/C39H41F3N6O3/c1-26(49)45-32-14-18-47(25-32)24-28-8-5-9-29(19-28)38(51)46-35-12-11-33(48-16-3-2-4-17-48)22-34(35)36-21-30(13-15-43-36)37(50)44-23-27-7-6-10-31(20-27)39(40,41)42/h5-13,15,19-22,32H,2-4,14,16-18,23-25H2,1H3,(H,44,50)(H,45,49)(H,46,51)/t32-/m1/s1. The van der Waals surface area contributed by atoms with E-state index in [1.807, 2.05) is 36.4 Å². The fourth-order valence-electron chi connectivity index (χ4n) is 6.71. The summed E-state index contributed by atoms with van der Waals surface area (Å²) in [7, 11) is 0. The molecule has 266 valence electrons. The molecule has 12 heteroatoms. The zero-order valence-corrected chi connectivity index (χ0v) is 28.4. The number of aromatic nitrogens is 1. The van der Waals surface area contributed by atoms with Crippen LogP contribution in [0.3, 0.4) is 0 Å². The highest BCUT2D eigenvalue weighted by atomic mass is 19.4. The molecule has 9 nitrogen and oxygen atoms in total. The largest absolute Gasteiger partial charge is 0.416 e. The lowest BCUT2D eigenvalue weighted by atomic mass is 10.0. The maximum absolute atomic E-state index is 13.7. The van der Waals surface area contributed by atoms with Crippen LogP contribution >= 0.6 is 0 Å². The van der Waals surface area contributed by atoms with Crippen LogP contribution in [-0.4, -0.2) is 59.8 Å². The van der Waals surface area contributed by atoms with Gasteiger partial charge in [0, 0.05) is 80.8 Å². The van der Waals surface area contributed by atoms with Crippen LogP contribution in [0.15, 0.2) is 85.1 Å². The zero-order valence-electron chi connectivity index (χ0n) is 28.4. The van der Waals surface area contributed by atoms with E-state index < -0.39 is 17.6 Å². The summed E-state index contributed by atoms with van der Waals surface area (Å²) in [4.78, 5) is 47.5. The lowest BCUT2D eigenvalue weighted by Crippen LogP contribution is -2.35. The number of pyridine rings is 1. The molecule has 3 amide bonds. The summed E-state index contributed by atoms with van der Waals surface area (Å²) in [6.07, 6.45) is 1.23. The molecule has 0 aliphatic carbocycles. The average Bonchev–Trinajstić information content (AvgIpc) is 3.56. The summed E-state index contributed by atoms with van der Waals surface area (Å²) in [6.45, 7) is 5.51. The number of hydrogen-bond acceptors (Lipinski definition) is 6. The Hall–Kier alpha value is -5.23. The van der Waals surface area contributed by atoms with Crippen LogP contribution in [0, 0.1) is 0 Å². The van der Waals surface area contributed by atoms with Gasteiger partial charge in [-0.25, -0.2) is 0 Å². The van der Waals surface area contributed by atoms with Gasteiger partial charge in [0.1, 0.15) is 0 Å². The van der Waals surface area contributed by atoms with E-state index in [4.69, 9.17) is 0 Å². The number of rotatable bonds is 10. The Morgan fingerprint density at radius 3 is 2.39 bits per heavy atom. The van der Waals surface area contributed by atoms with Gasteiger partial charge in [0.2, 0.25) is 5.91 Å². The minimum Gasteiger partial charge on any atom is -0.372 e. The predicted octanol–water partition coefficient (Wildman–Crippen LogP) is 6.65. The summed E-state index contributed by atoms with van der Waals surface area (Å²) in [5.41, 5.74) is 3.91. The number of alkyl halides is 3. The Bertz CT molecular complexity index is 1890. The number of nitrogens with zero attached hydrogens (tertiary/aromatic N) is 3. The van der Waals surface area contributed by atoms with Crippen LogP contribution in [0.2, 0.25) is 0 Å². The zero-order chi connectivity index (χ0) is 36.0.